The van der Waals surface area contributed by atoms with Gasteiger partial charge in [-0.3, -0.25) is 0 Å². The minimum Gasteiger partial charge on any atom is -0.462 e. The number of ether oxygens (including phenoxy) is 2. The summed E-state index contributed by atoms with van der Waals surface area (Å²) >= 11 is 0. The fourth-order valence-corrected chi connectivity index (χ4v) is 2.84. The Morgan fingerprint density at radius 3 is 2.86 bits per heavy atom. The highest BCUT2D eigenvalue weighted by Crippen LogP contribution is 2.30. The van der Waals surface area contributed by atoms with Crippen LogP contribution in [0.15, 0.2) is 18.2 Å². The summed E-state index contributed by atoms with van der Waals surface area (Å²) in [6.07, 6.45) is 0.0985. The summed E-state index contributed by atoms with van der Waals surface area (Å²) in [4.78, 5) is 14.3. The molecule has 1 heterocycles. The fourth-order valence-electron chi connectivity index (χ4n) is 2.84. The number of benzene rings is 1. The number of nitrogens with two attached hydrogens (primary N) is 1. The van der Waals surface area contributed by atoms with Gasteiger partial charge in [0.15, 0.2) is 0 Å². The Hall–Kier alpha value is -1.75. The molecule has 0 spiro atoms. The summed E-state index contributed by atoms with van der Waals surface area (Å²) in [7, 11) is 0. The van der Waals surface area contributed by atoms with Crippen LogP contribution < -0.4 is 10.6 Å². The largest absolute Gasteiger partial charge is 0.462 e. The van der Waals surface area contributed by atoms with Crippen molar-refractivity contribution in [2.45, 2.75) is 39.4 Å². The van der Waals surface area contributed by atoms with E-state index in [1.54, 1.807) is 13.0 Å². The fraction of sp³-hybridized carbons (Fsp3) is 0.562. The molecule has 1 unspecified atom stereocenters. The van der Waals surface area contributed by atoms with Gasteiger partial charge >= 0.3 is 5.97 Å². The van der Waals surface area contributed by atoms with Crippen molar-refractivity contribution in [1.29, 1.82) is 0 Å². The lowest BCUT2D eigenvalue weighted by Crippen LogP contribution is -2.52. The average Bonchev–Trinajstić information content (AvgIpc) is 2.36. The van der Waals surface area contributed by atoms with Crippen LogP contribution in [0.3, 0.4) is 0 Å². The van der Waals surface area contributed by atoms with Crippen molar-refractivity contribution >= 4 is 17.3 Å². The maximum Gasteiger partial charge on any atom is 0.340 e. The van der Waals surface area contributed by atoms with Gasteiger partial charge in [-0.1, -0.05) is 0 Å². The predicted octanol–water partition coefficient (Wildman–Crippen LogP) is 2.45. The molecule has 1 aliphatic heterocycles. The number of morpholine rings is 1. The van der Waals surface area contributed by atoms with Gasteiger partial charge in [0.05, 0.1) is 29.6 Å². The smallest absolute Gasteiger partial charge is 0.340 e. The van der Waals surface area contributed by atoms with Crippen LogP contribution in [-0.4, -0.2) is 37.4 Å². The number of carbonyl (C=O) groups is 1. The Kier molecular flexibility index (Phi) is 4.42. The zero-order chi connectivity index (χ0) is 15.6. The van der Waals surface area contributed by atoms with E-state index in [0.717, 1.165) is 12.2 Å². The van der Waals surface area contributed by atoms with E-state index >= 15 is 0 Å². The number of anilines is 2. The van der Waals surface area contributed by atoms with Crippen LogP contribution in [0, 0.1) is 0 Å². The molecule has 1 aliphatic rings. The summed E-state index contributed by atoms with van der Waals surface area (Å²) in [6, 6.07) is 5.38. The van der Waals surface area contributed by atoms with Crippen LogP contribution in [0.2, 0.25) is 0 Å². The summed E-state index contributed by atoms with van der Waals surface area (Å²) in [5, 5.41) is 0. The van der Waals surface area contributed by atoms with Crippen LogP contribution in [0.5, 0.6) is 0 Å². The van der Waals surface area contributed by atoms with E-state index in [4.69, 9.17) is 15.2 Å². The molecule has 2 N–H and O–H groups in total. The van der Waals surface area contributed by atoms with Crippen molar-refractivity contribution in [3.05, 3.63) is 23.8 Å². The number of nitrogen functional groups attached to an aromatic ring is 1. The Morgan fingerprint density at radius 1 is 1.52 bits per heavy atom. The van der Waals surface area contributed by atoms with Crippen molar-refractivity contribution < 1.29 is 14.3 Å². The highest BCUT2D eigenvalue weighted by Gasteiger charge is 2.33. The number of hydrogen-bond donors (Lipinski definition) is 1. The van der Waals surface area contributed by atoms with E-state index in [0.29, 0.717) is 24.4 Å². The van der Waals surface area contributed by atoms with Crippen LogP contribution in [0.4, 0.5) is 11.4 Å². The van der Waals surface area contributed by atoms with E-state index in [1.807, 2.05) is 19.1 Å². The molecule has 21 heavy (non-hydrogen) atoms. The molecule has 5 nitrogen and oxygen atoms in total. The Bertz CT molecular complexity index is 528. The number of esters is 1. The van der Waals surface area contributed by atoms with Gasteiger partial charge in [0.2, 0.25) is 0 Å². The predicted molar refractivity (Wildman–Crippen MR) is 83.6 cm³/mol. The van der Waals surface area contributed by atoms with Crippen molar-refractivity contribution in [3.8, 4) is 0 Å². The quantitative estimate of drug-likeness (QED) is 0.685. The lowest BCUT2D eigenvalue weighted by atomic mass is 10.0. The molecule has 0 bridgehead atoms. The normalized spacial score (nSPS) is 21.1. The van der Waals surface area contributed by atoms with Gasteiger partial charge in [-0.15, -0.1) is 0 Å². The minimum absolute atomic E-state index is 0.0985. The number of rotatable bonds is 3. The van der Waals surface area contributed by atoms with Crippen LogP contribution in [0.25, 0.3) is 0 Å². The van der Waals surface area contributed by atoms with Crippen LogP contribution >= 0.6 is 0 Å². The maximum absolute atomic E-state index is 12.2. The van der Waals surface area contributed by atoms with Gasteiger partial charge in [-0.2, -0.15) is 0 Å². The molecule has 1 aromatic rings. The first kappa shape index (κ1) is 15.6. The monoisotopic (exact) mass is 292 g/mol. The average molecular weight is 292 g/mol. The van der Waals surface area contributed by atoms with Crippen LogP contribution in [-0.2, 0) is 9.47 Å². The zero-order valence-corrected chi connectivity index (χ0v) is 13.2. The van der Waals surface area contributed by atoms with Gasteiger partial charge in [0, 0.05) is 18.8 Å². The first-order chi connectivity index (χ1) is 9.82. The molecule has 1 saturated heterocycles. The second-order valence-corrected chi connectivity index (χ2v) is 6.07. The lowest BCUT2D eigenvalue weighted by Gasteiger charge is -2.43. The number of hydrogen-bond acceptors (Lipinski definition) is 5. The van der Waals surface area contributed by atoms with E-state index in [1.165, 1.54) is 0 Å². The topological polar surface area (TPSA) is 64.8 Å². The maximum atomic E-state index is 12.2. The molecule has 2 rings (SSSR count). The highest BCUT2D eigenvalue weighted by atomic mass is 16.5. The van der Waals surface area contributed by atoms with E-state index in [9.17, 15) is 4.79 Å². The molecular formula is C16H24N2O3. The van der Waals surface area contributed by atoms with E-state index in [2.05, 4.69) is 18.7 Å². The molecule has 0 aliphatic carbocycles. The number of nitrogens with zero attached hydrogens (tertiary/aromatic N) is 1. The van der Waals surface area contributed by atoms with Gasteiger partial charge in [-0.05, 0) is 45.9 Å². The van der Waals surface area contributed by atoms with Crippen molar-refractivity contribution in [2.75, 3.05) is 30.3 Å². The van der Waals surface area contributed by atoms with Gasteiger partial charge < -0.3 is 20.1 Å². The molecule has 5 heteroatoms. The first-order valence-corrected chi connectivity index (χ1v) is 7.32. The van der Waals surface area contributed by atoms with Gasteiger partial charge in [0.25, 0.3) is 0 Å². The third-order valence-corrected chi connectivity index (χ3v) is 3.43. The van der Waals surface area contributed by atoms with Crippen molar-refractivity contribution in [1.82, 2.24) is 0 Å². The molecule has 0 saturated carbocycles. The standard InChI is InChI=1S/C16H24N2O3/c1-5-20-15(19)13-8-12(17)6-7-14(13)18-9-11(2)21-16(3,4)10-18/h6-8,11H,5,9-10,17H2,1-4H3. The molecule has 0 radical (unpaired) electrons. The molecule has 116 valence electrons. The minimum atomic E-state index is -0.336. The zero-order valence-electron chi connectivity index (χ0n) is 13.2. The first-order valence-electron chi connectivity index (χ1n) is 7.32. The molecule has 0 aromatic heterocycles. The lowest BCUT2D eigenvalue weighted by molar-refractivity contribution is -0.0750. The van der Waals surface area contributed by atoms with Gasteiger partial charge in [-0.25, -0.2) is 4.79 Å². The third-order valence-electron chi connectivity index (χ3n) is 3.43. The van der Waals surface area contributed by atoms with E-state index < -0.39 is 0 Å². The SMILES string of the molecule is CCOC(=O)c1cc(N)ccc1N1CC(C)OC(C)(C)C1. The summed E-state index contributed by atoms with van der Waals surface area (Å²) in [6.45, 7) is 9.73. The third kappa shape index (κ3) is 3.67. The molecule has 1 atom stereocenters. The number of carbonyl (C=O) groups excluding carboxylic acids is 1. The summed E-state index contributed by atoms with van der Waals surface area (Å²) in [5.74, 6) is -0.336. The Labute approximate surface area is 126 Å². The Balaban J connectivity index is 2.36. The Morgan fingerprint density at radius 2 is 2.24 bits per heavy atom. The molecule has 1 aromatic carbocycles. The van der Waals surface area contributed by atoms with Gasteiger partial charge in [0.1, 0.15) is 0 Å². The van der Waals surface area contributed by atoms with Crippen molar-refractivity contribution in [3.63, 3.8) is 0 Å². The second-order valence-electron chi connectivity index (χ2n) is 6.07. The molecular weight excluding hydrogens is 268 g/mol. The second kappa shape index (κ2) is 5.93. The summed E-state index contributed by atoms with van der Waals surface area (Å²) in [5.41, 5.74) is 7.49. The summed E-state index contributed by atoms with van der Waals surface area (Å²) < 4.78 is 11.1. The van der Waals surface area contributed by atoms with E-state index in [-0.39, 0.29) is 17.7 Å². The molecule has 0 amide bonds. The highest BCUT2D eigenvalue weighted by molar-refractivity contribution is 5.97. The van der Waals surface area contributed by atoms with Crippen molar-refractivity contribution in [2.24, 2.45) is 0 Å². The molecule has 1 fully saturated rings. The van der Waals surface area contributed by atoms with Crippen LogP contribution in [0.1, 0.15) is 38.1 Å².